The van der Waals surface area contributed by atoms with Crippen LogP contribution >= 0.6 is 0 Å². The molecule has 2 rings (SSSR count). The molecule has 0 aromatic heterocycles. The standard InChI is InChI=1S/C15H22N2O2/c1-9-4-3-5-13(10(9)2)17-14-8-11(15(18)19)6-7-12(14)16/h6-10,13,17H,3-5,16H2,1-2H3,(H,18,19). The monoisotopic (exact) mass is 262 g/mol. The van der Waals surface area contributed by atoms with Crippen molar-refractivity contribution in [1.29, 1.82) is 0 Å². The lowest BCUT2D eigenvalue weighted by atomic mass is 9.78. The second kappa shape index (κ2) is 5.51. The van der Waals surface area contributed by atoms with Gasteiger partial charge in [0.25, 0.3) is 0 Å². The van der Waals surface area contributed by atoms with Crippen LogP contribution in [0.3, 0.4) is 0 Å². The first kappa shape index (κ1) is 13.7. The van der Waals surface area contributed by atoms with Crippen LogP contribution in [-0.2, 0) is 0 Å². The summed E-state index contributed by atoms with van der Waals surface area (Å²) >= 11 is 0. The number of hydrogen-bond acceptors (Lipinski definition) is 3. The zero-order valence-corrected chi connectivity index (χ0v) is 11.5. The molecule has 0 radical (unpaired) electrons. The molecule has 4 heteroatoms. The van der Waals surface area contributed by atoms with Gasteiger partial charge >= 0.3 is 5.97 Å². The molecule has 4 N–H and O–H groups in total. The van der Waals surface area contributed by atoms with Gasteiger partial charge in [-0.1, -0.05) is 26.7 Å². The quantitative estimate of drug-likeness (QED) is 0.731. The molecular formula is C15H22N2O2. The second-order valence-corrected chi connectivity index (χ2v) is 5.63. The molecule has 0 heterocycles. The highest BCUT2D eigenvalue weighted by Crippen LogP contribution is 2.33. The molecule has 1 aliphatic carbocycles. The number of carbonyl (C=O) groups is 1. The summed E-state index contributed by atoms with van der Waals surface area (Å²) < 4.78 is 0. The topological polar surface area (TPSA) is 75.3 Å². The van der Waals surface area contributed by atoms with Crippen LogP contribution in [0.5, 0.6) is 0 Å². The van der Waals surface area contributed by atoms with Crippen LogP contribution in [0.1, 0.15) is 43.5 Å². The SMILES string of the molecule is CC1CCCC(Nc2cc(C(=O)O)ccc2N)C1C. The Morgan fingerprint density at radius 3 is 2.79 bits per heavy atom. The van der Waals surface area contributed by atoms with E-state index in [0.29, 0.717) is 23.6 Å². The molecule has 19 heavy (non-hydrogen) atoms. The van der Waals surface area contributed by atoms with Crippen LogP contribution in [0.15, 0.2) is 18.2 Å². The van der Waals surface area contributed by atoms with Gasteiger partial charge in [-0.3, -0.25) is 0 Å². The molecule has 0 saturated heterocycles. The Balaban J connectivity index is 2.18. The number of aromatic carboxylic acids is 1. The lowest BCUT2D eigenvalue weighted by Crippen LogP contribution is -2.35. The van der Waals surface area contributed by atoms with E-state index < -0.39 is 5.97 Å². The number of benzene rings is 1. The smallest absolute Gasteiger partial charge is 0.335 e. The zero-order valence-electron chi connectivity index (χ0n) is 11.5. The van der Waals surface area contributed by atoms with Gasteiger partial charge in [-0.2, -0.15) is 0 Å². The molecule has 1 aliphatic rings. The van der Waals surface area contributed by atoms with Crippen molar-refractivity contribution >= 4 is 17.3 Å². The number of carboxylic acids is 1. The second-order valence-electron chi connectivity index (χ2n) is 5.63. The van der Waals surface area contributed by atoms with Crippen LogP contribution in [0.2, 0.25) is 0 Å². The van der Waals surface area contributed by atoms with Crippen molar-refractivity contribution in [3.05, 3.63) is 23.8 Å². The Labute approximate surface area is 114 Å². The van der Waals surface area contributed by atoms with Crippen molar-refractivity contribution in [2.45, 2.75) is 39.2 Å². The van der Waals surface area contributed by atoms with Gasteiger partial charge in [0, 0.05) is 6.04 Å². The summed E-state index contributed by atoms with van der Waals surface area (Å²) in [5.41, 5.74) is 7.55. The summed E-state index contributed by atoms with van der Waals surface area (Å²) in [5.74, 6) is 0.338. The number of nitrogens with two attached hydrogens (primary N) is 1. The third-order valence-corrected chi connectivity index (χ3v) is 4.35. The molecule has 0 spiro atoms. The molecule has 104 valence electrons. The average molecular weight is 262 g/mol. The number of nitrogens with one attached hydrogen (secondary N) is 1. The Kier molecular flexibility index (Phi) is 3.98. The molecule has 0 aliphatic heterocycles. The molecule has 1 fully saturated rings. The highest BCUT2D eigenvalue weighted by molar-refractivity contribution is 5.90. The van der Waals surface area contributed by atoms with E-state index in [1.165, 1.54) is 18.9 Å². The largest absolute Gasteiger partial charge is 0.478 e. The van der Waals surface area contributed by atoms with E-state index in [-0.39, 0.29) is 5.56 Å². The van der Waals surface area contributed by atoms with Crippen LogP contribution in [0.25, 0.3) is 0 Å². The van der Waals surface area contributed by atoms with E-state index >= 15 is 0 Å². The normalized spacial score (nSPS) is 26.9. The number of carboxylic acid groups (broad SMARTS) is 1. The number of hydrogen-bond donors (Lipinski definition) is 3. The fourth-order valence-corrected chi connectivity index (χ4v) is 2.80. The van der Waals surface area contributed by atoms with Gasteiger partial charge in [0.2, 0.25) is 0 Å². The summed E-state index contributed by atoms with van der Waals surface area (Å²) in [4.78, 5) is 11.0. The van der Waals surface area contributed by atoms with Crippen molar-refractivity contribution in [3.8, 4) is 0 Å². The van der Waals surface area contributed by atoms with E-state index in [1.54, 1.807) is 12.1 Å². The Hall–Kier alpha value is -1.71. The molecule has 4 nitrogen and oxygen atoms in total. The van der Waals surface area contributed by atoms with Crippen molar-refractivity contribution in [2.75, 3.05) is 11.1 Å². The first-order chi connectivity index (χ1) is 8.99. The lowest BCUT2D eigenvalue weighted by molar-refractivity contribution is 0.0697. The number of rotatable bonds is 3. The van der Waals surface area contributed by atoms with E-state index in [1.807, 2.05) is 0 Å². The molecule has 1 saturated carbocycles. The fourth-order valence-electron chi connectivity index (χ4n) is 2.80. The van der Waals surface area contributed by atoms with Gasteiger partial charge in [0.05, 0.1) is 16.9 Å². The van der Waals surface area contributed by atoms with Gasteiger partial charge in [-0.25, -0.2) is 4.79 Å². The van der Waals surface area contributed by atoms with Gasteiger partial charge in [0.1, 0.15) is 0 Å². The van der Waals surface area contributed by atoms with Crippen LogP contribution in [0.4, 0.5) is 11.4 Å². The highest BCUT2D eigenvalue weighted by atomic mass is 16.4. The minimum absolute atomic E-state index is 0.271. The summed E-state index contributed by atoms with van der Waals surface area (Å²) in [6.45, 7) is 4.52. The van der Waals surface area contributed by atoms with E-state index in [2.05, 4.69) is 19.2 Å². The van der Waals surface area contributed by atoms with Crippen molar-refractivity contribution in [2.24, 2.45) is 11.8 Å². The summed E-state index contributed by atoms with van der Waals surface area (Å²) in [7, 11) is 0. The van der Waals surface area contributed by atoms with Gasteiger partial charge in [0.15, 0.2) is 0 Å². The predicted octanol–water partition coefficient (Wildman–Crippen LogP) is 3.20. The first-order valence-corrected chi connectivity index (χ1v) is 6.88. The summed E-state index contributed by atoms with van der Waals surface area (Å²) in [6, 6.07) is 5.19. The third kappa shape index (κ3) is 3.00. The van der Waals surface area contributed by atoms with Gasteiger partial charge < -0.3 is 16.2 Å². The minimum atomic E-state index is -0.923. The summed E-state index contributed by atoms with van der Waals surface area (Å²) in [6.07, 6.45) is 3.59. The van der Waals surface area contributed by atoms with Crippen LogP contribution < -0.4 is 11.1 Å². The van der Waals surface area contributed by atoms with Gasteiger partial charge in [-0.15, -0.1) is 0 Å². The molecular weight excluding hydrogens is 240 g/mol. The molecule has 0 bridgehead atoms. The fraction of sp³-hybridized carbons (Fsp3) is 0.533. The maximum Gasteiger partial charge on any atom is 0.335 e. The maximum atomic E-state index is 11.0. The van der Waals surface area contributed by atoms with Gasteiger partial charge in [-0.05, 0) is 36.5 Å². The molecule has 3 atom stereocenters. The van der Waals surface area contributed by atoms with E-state index in [0.717, 1.165) is 12.1 Å². The zero-order chi connectivity index (χ0) is 14.0. The first-order valence-electron chi connectivity index (χ1n) is 6.88. The third-order valence-electron chi connectivity index (χ3n) is 4.35. The molecule has 3 unspecified atom stereocenters. The lowest BCUT2D eigenvalue weighted by Gasteiger charge is -2.35. The molecule has 1 aromatic carbocycles. The average Bonchev–Trinajstić information content (AvgIpc) is 2.37. The predicted molar refractivity (Wildman–Crippen MR) is 77.4 cm³/mol. The summed E-state index contributed by atoms with van der Waals surface area (Å²) in [5, 5.41) is 12.5. The maximum absolute atomic E-state index is 11.0. The molecule has 0 amide bonds. The highest BCUT2D eigenvalue weighted by Gasteiger charge is 2.27. The van der Waals surface area contributed by atoms with Crippen molar-refractivity contribution in [1.82, 2.24) is 0 Å². The van der Waals surface area contributed by atoms with Crippen molar-refractivity contribution < 1.29 is 9.90 Å². The minimum Gasteiger partial charge on any atom is -0.478 e. The molecule has 1 aromatic rings. The van der Waals surface area contributed by atoms with E-state index in [9.17, 15) is 4.79 Å². The van der Waals surface area contributed by atoms with Crippen molar-refractivity contribution in [3.63, 3.8) is 0 Å². The Morgan fingerprint density at radius 1 is 1.37 bits per heavy atom. The van der Waals surface area contributed by atoms with Crippen LogP contribution in [-0.4, -0.2) is 17.1 Å². The Morgan fingerprint density at radius 2 is 2.11 bits per heavy atom. The number of anilines is 2. The van der Waals surface area contributed by atoms with E-state index in [4.69, 9.17) is 10.8 Å². The van der Waals surface area contributed by atoms with Crippen LogP contribution in [0, 0.1) is 11.8 Å². The number of nitrogen functional groups attached to an aromatic ring is 1. The Bertz CT molecular complexity index is 473.